The molecule has 1 atom stereocenters. The number of rotatable bonds is 11. The fraction of sp³-hybridized carbons (Fsp3) is 0.727. The van der Waals surface area contributed by atoms with E-state index in [-0.39, 0.29) is 11.6 Å². The van der Waals surface area contributed by atoms with Gasteiger partial charge in [0, 0.05) is 43.6 Å². The Bertz CT molecular complexity index is 621. The number of hydrogen-bond donors (Lipinski definition) is 1. The van der Waals surface area contributed by atoms with Crippen LogP contribution in [-0.2, 0) is 14.3 Å². The zero-order valence-corrected chi connectivity index (χ0v) is 19.3. The average molecular weight is 395 g/mol. The molecule has 0 heterocycles. The number of carbonyl (C=O) groups is 2. The molecule has 0 aromatic rings. The summed E-state index contributed by atoms with van der Waals surface area (Å²) in [6.45, 7) is 15.5. The van der Waals surface area contributed by atoms with Crippen LogP contribution in [0.4, 0.5) is 0 Å². The van der Waals surface area contributed by atoms with Crippen molar-refractivity contribution in [3.63, 3.8) is 0 Å². The van der Waals surface area contributed by atoms with Crippen molar-refractivity contribution in [2.75, 3.05) is 13.2 Å². The van der Waals surface area contributed by atoms with E-state index in [1.54, 1.807) is 27.7 Å². The molecule has 0 fully saturated rings. The molecular formula is C22H38O4Si. The van der Waals surface area contributed by atoms with Crippen LogP contribution in [0.3, 0.4) is 0 Å². The highest BCUT2D eigenvalue weighted by Gasteiger charge is 2.29. The van der Waals surface area contributed by atoms with Crippen molar-refractivity contribution < 1.29 is 19.4 Å². The first kappa shape index (κ1) is 24.0. The molecule has 4 nitrogen and oxygen atoms in total. The topological polar surface area (TPSA) is 63.6 Å². The van der Waals surface area contributed by atoms with Crippen molar-refractivity contribution in [3.05, 3.63) is 22.3 Å². The van der Waals surface area contributed by atoms with E-state index in [0.717, 1.165) is 19.4 Å². The molecule has 0 aliphatic heterocycles. The zero-order chi connectivity index (χ0) is 20.8. The Balaban J connectivity index is 2.39. The Morgan fingerprint density at radius 2 is 1.44 bits per heavy atom. The molecule has 0 saturated heterocycles. The number of ketones is 2. The molecule has 0 spiro atoms. The van der Waals surface area contributed by atoms with Crippen LogP contribution in [-0.4, -0.2) is 43.6 Å². The van der Waals surface area contributed by atoms with E-state index in [9.17, 15) is 14.7 Å². The summed E-state index contributed by atoms with van der Waals surface area (Å²) in [6, 6.07) is 1.28. The molecule has 0 radical (unpaired) electrons. The van der Waals surface area contributed by atoms with Gasteiger partial charge >= 0.3 is 0 Å². The first-order valence-corrected chi connectivity index (χ1v) is 13.8. The minimum absolute atomic E-state index is 0.0477. The lowest BCUT2D eigenvalue weighted by Crippen LogP contribution is -2.27. The molecule has 1 aliphatic rings. The normalized spacial score (nSPS) is 18.4. The number of hydrogen-bond acceptors (Lipinski definition) is 4. The van der Waals surface area contributed by atoms with Gasteiger partial charge in [0.05, 0.1) is 5.60 Å². The van der Waals surface area contributed by atoms with Gasteiger partial charge in [0.15, 0.2) is 11.6 Å². The molecule has 1 N–H and O–H groups in total. The van der Waals surface area contributed by atoms with E-state index in [2.05, 4.69) is 19.6 Å². The van der Waals surface area contributed by atoms with Crippen LogP contribution in [0.15, 0.2) is 22.3 Å². The van der Waals surface area contributed by atoms with Gasteiger partial charge < -0.3 is 9.84 Å². The van der Waals surface area contributed by atoms with E-state index in [1.807, 2.05) is 0 Å². The highest BCUT2D eigenvalue weighted by molar-refractivity contribution is 6.76. The fourth-order valence-corrected chi connectivity index (χ4v) is 4.54. The highest BCUT2D eigenvalue weighted by Crippen LogP contribution is 2.30. The van der Waals surface area contributed by atoms with E-state index in [1.165, 1.54) is 6.04 Å². The van der Waals surface area contributed by atoms with Crippen molar-refractivity contribution >= 4 is 19.6 Å². The minimum atomic E-state index is -0.988. The minimum Gasteiger partial charge on any atom is -0.390 e. The summed E-state index contributed by atoms with van der Waals surface area (Å²) in [5.41, 5.74) is 1.31. The third kappa shape index (κ3) is 7.84. The van der Waals surface area contributed by atoms with Gasteiger partial charge in [-0.2, -0.15) is 0 Å². The molecule has 0 unspecified atom stereocenters. The number of allylic oxidation sites excluding steroid dienone is 4. The van der Waals surface area contributed by atoms with Crippen LogP contribution in [0.1, 0.15) is 59.8 Å². The number of ether oxygens (including phenoxy) is 1. The third-order valence-electron chi connectivity index (χ3n) is 5.44. The maximum Gasteiger partial charge on any atom is 0.185 e. The van der Waals surface area contributed by atoms with Crippen LogP contribution in [0.2, 0.25) is 25.7 Å². The van der Waals surface area contributed by atoms with Crippen LogP contribution in [0.25, 0.3) is 0 Å². The predicted octanol–water partition coefficient (Wildman–Crippen LogP) is 4.85. The van der Waals surface area contributed by atoms with Gasteiger partial charge in [0.1, 0.15) is 0 Å². The van der Waals surface area contributed by atoms with Gasteiger partial charge in [-0.25, -0.2) is 0 Å². The van der Waals surface area contributed by atoms with Gasteiger partial charge in [-0.05, 0) is 59.8 Å². The quantitative estimate of drug-likeness (QED) is 0.309. The average Bonchev–Trinajstić information content (AvgIpc) is 2.56. The second-order valence-corrected chi connectivity index (χ2v) is 15.0. The summed E-state index contributed by atoms with van der Waals surface area (Å²) in [4.78, 5) is 24.7. The lowest BCUT2D eigenvalue weighted by atomic mass is 9.82. The lowest BCUT2D eigenvalue weighted by Gasteiger charge is -2.25. The van der Waals surface area contributed by atoms with E-state index in [4.69, 9.17) is 4.74 Å². The summed E-state index contributed by atoms with van der Waals surface area (Å²) in [5, 5.41) is 10.6. The van der Waals surface area contributed by atoms with Crippen LogP contribution < -0.4 is 0 Å². The van der Waals surface area contributed by atoms with Crippen LogP contribution >= 0.6 is 0 Å². The molecule has 0 saturated carbocycles. The van der Waals surface area contributed by atoms with E-state index < -0.39 is 13.7 Å². The summed E-state index contributed by atoms with van der Waals surface area (Å²) in [6.07, 6.45) is 3.44. The van der Waals surface area contributed by atoms with Crippen LogP contribution in [0, 0.1) is 0 Å². The van der Waals surface area contributed by atoms with E-state index >= 15 is 0 Å². The molecule has 0 amide bonds. The molecule has 1 rings (SSSR count). The molecule has 27 heavy (non-hydrogen) atoms. The van der Waals surface area contributed by atoms with Gasteiger partial charge in [0.25, 0.3) is 0 Å². The van der Waals surface area contributed by atoms with Crippen molar-refractivity contribution in [3.8, 4) is 0 Å². The van der Waals surface area contributed by atoms with Gasteiger partial charge in [-0.15, -0.1) is 0 Å². The Kier molecular flexibility index (Phi) is 8.84. The van der Waals surface area contributed by atoms with Gasteiger partial charge in [0.2, 0.25) is 0 Å². The third-order valence-corrected chi connectivity index (χ3v) is 7.30. The second-order valence-electron chi connectivity index (χ2n) is 9.39. The molecule has 154 valence electrons. The maximum absolute atomic E-state index is 12.5. The monoisotopic (exact) mass is 394 g/mol. The highest BCUT2D eigenvalue weighted by atomic mass is 28.3. The van der Waals surface area contributed by atoms with E-state index in [0.29, 0.717) is 48.2 Å². The first-order chi connectivity index (χ1) is 12.4. The number of Topliss-reactive ketones (excluding diaryl/α,β-unsaturated/α-hetero) is 2. The van der Waals surface area contributed by atoms with Crippen molar-refractivity contribution in [1.82, 2.24) is 0 Å². The standard InChI is InChI=1S/C22H38O4Si/c1-16-17(2)21(24)19(18(3)20(16)23)10-12-22(4,25)11-8-13-26-14-9-15-27(5,6)7/h25H,8-15H2,1-7H3/t22-/m0/s1. The predicted molar refractivity (Wildman–Crippen MR) is 114 cm³/mol. The zero-order valence-electron chi connectivity index (χ0n) is 18.3. The lowest BCUT2D eigenvalue weighted by molar-refractivity contribution is -0.116. The molecule has 0 aromatic carbocycles. The van der Waals surface area contributed by atoms with Crippen molar-refractivity contribution in [1.29, 1.82) is 0 Å². The van der Waals surface area contributed by atoms with Gasteiger partial charge in [-0.1, -0.05) is 25.7 Å². The second kappa shape index (κ2) is 9.94. The smallest absolute Gasteiger partial charge is 0.185 e. The molecule has 0 bridgehead atoms. The Morgan fingerprint density at radius 3 is 2.04 bits per heavy atom. The molecular weight excluding hydrogens is 356 g/mol. The summed E-state index contributed by atoms with van der Waals surface area (Å²) >= 11 is 0. The SMILES string of the molecule is CC1=C(C)C(=O)C(CC[C@@](C)(O)CCCOCCC[Si](C)(C)C)=C(C)C1=O. The maximum atomic E-state index is 12.5. The molecule has 5 heteroatoms. The summed E-state index contributed by atoms with van der Waals surface area (Å²) in [5.74, 6) is -0.0976. The molecule has 0 aromatic heterocycles. The molecule has 1 aliphatic carbocycles. The number of aliphatic hydroxyl groups is 1. The van der Waals surface area contributed by atoms with Gasteiger partial charge in [-0.3, -0.25) is 9.59 Å². The number of carbonyl (C=O) groups excluding carboxylic acids is 2. The summed E-state index contributed by atoms with van der Waals surface area (Å²) in [7, 11) is -0.988. The fourth-order valence-electron chi connectivity index (χ4n) is 3.34. The first-order valence-electron chi connectivity index (χ1n) is 10.1. The van der Waals surface area contributed by atoms with Crippen molar-refractivity contribution in [2.45, 2.75) is 91.1 Å². The van der Waals surface area contributed by atoms with Crippen LogP contribution in [0.5, 0.6) is 0 Å². The Labute approximate surface area is 166 Å². The Morgan fingerprint density at radius 1 is 0.889 bits per heavy atom. The summed E-state index contributed by atoms with van der Waals surface area (Å²) < 4.78 is 5.69. The largest absolute Gasteiger partial charge is 0.390 e. The van der Waals surface area contributed by atoms with Crippen molar-refractivity contribution in [2.24, 2.45) is 0 Å². The Hall–Kier alpha value is -1.04.